The maximum Gasteiger partial charge on any atom is 0.305 e. The van der Waals surface area contributed by atoms with E-state index in [1.807, 2.05) is 6.08 Å². The lowest BCUT2D eigenvalue weighted by atomic mass is 10.0. The Bertz CT molecular complexity index is 1230. The van der Waals surface area contributed by atoms with Gasteiger partial charge in [-0.15, -0.1) is 0 Å². The first kappa shape index (κ1) is 70.8. The first-order chi connectivity index (χ1) is 36.0. The smallest absolute Gasteiger partial charge is 0.305 e. The molecule has 0 aromatic carbocycles. The Morgan fingerprint density at radius 1 is 0.384 bits per heavy atom. The fraction of sp³-hybridized carbons (Fsp3) is 0.851. The van der Waals surface area contributed by atoms with Gasteiger partial charge in [-0.3, -0.25) is 9.59 Å². The van der Waals surface area contributed by atoms with E-state index in [1.165, 1.54) is 263 Å². The third kappa shape index (κ3) is 58.9. The van der Waals surface area contributed by atoms with Crippen LogP contribution < -0.4 is 5.32 Å². The zero-order valence-electron chi connectivity index (χ0n) is 48.9. The highest BCUT2D eigenvalue weighted by atomic mass is 16.5. The van der Waals surface area contributed by atoms with Crippen molar-refractivity contribution in [2.75, 3.05) is 13.2 Å². The number of carbonyl (C=O) groups excluding carboxylic acids is 2. The van der Waals surface area contributed by atoms with Crippen LogP contribution >= 0.6 is 0 Å². The third-order valence-corrected chi connectivity index (χ3v) is 14.8. The van der Waals surface area contributed by atoms with Crippen LogP contribution in [0, 0.1) is 0 Å². The normalized spacial score (nSPS) is 12.9. The van der Waals surface area contributed by atoms with Crippen molar-refractivity contribution in [2.45, 2.75) is 353 Å². The van der Waals surface area contributed by atoms with Gasteiger partial charge in [-0.25, -0.2) is 0 Å². The van der Waals surface area contributed by atoms with E-state index in [4.69, 9.17) is 4.74 Å². The Labute approximate surface area is 455 Å². The molecular weight excluding hydrogens is 899 g/mol. The Hall–Kier alpha value is -2.18. The molecule has 0 aliphatic rings. The molecule has 0 aromatic rings. The zero-order valence-corrected chi connectivity index (χ0v) is 48.9. The lowest BCUT2D eigenvalue weighted by Gasteiger charge is -2.20. The molecule has 0 fully saturated rings. The van der Waals surface area contributed by atoms with Crippen molar-refractivity contribution in [3.8, 4) is 0 Å². The van der Waals surface area contributed by atoms with Gasteiger partial charge in [-0.2, -0.15) is 0 Å². The highest BCUT2D eigenvalue weighted by Gasteiger charge is 2.18. The minimum atomic E-state index is -0.846. The van der Waals surface area contributed by atoms with Crippen molar-refractivity contribution >= 4 is 11.9 Å². The first-order valence-corrected chi connectivity index (χ1v) is 32.4. The summed E-state index contributed by atoms with van der Waals surface area (Å²) < 4.78 is 5.46. The van der Waals surface area contributed by atoms with Gasteiger partial charge in [0.15, 0.2) is 0 Å². The molecule has 6 nitrogen and oxygen atoms in total. The topological polar surface area (TPSA) is 95.9 Å². The number of carbonyl (C=O) groups is 2. The Morgan fingerprint density at radius 3 is 1.10 bits per heavy atom. The van der Waals surface area contributed by atoms with Crippen LogP contribution in [-0.4, -0.2) is 47.4 Å². The van der Waals surface area contributed by atoms with E-state index < -0.39 is 12.1 Å². The summed E-state index contributed by atoms with van der Waals surface area (Å²) in [7, 11) is 0. The monoisotopic (exact) mass is 1020 g/mol. The zero-order chi connectivity index (χ0) is 52.9. The van der Waals surface area contributed by atoms with Crippen LogP contribution in [0.3, 0.4) is 0 Å². The van der Waals surface area contributed by atoms with Crippen LogP contribution in [0.25, 0.3) is 0 Å². The van der Waals surface area contributed by atoms with Crippen molar-refractivity contribution in [1.82, 2.24) is 5.32 Å². The van der Waals surface area contributed by atoms with Crippen LogP contribution in [-0.2, 0) is 14.3 Å². The third-order valence-electron chi connectivity index (χ3n) is 14.8. The van der Waals surface area contributed by atoms with Crippen molar-refractivity contribution in [3.05, 3.63) is 48.6 Å². The number of hydrogen-bond donors (Lipinski definition) is 3. The number of hydrogen-bond acceptors (Lipinski definition) is 5. The van der Waals surface area contributed by atoms with Gasteiger partial charge in [-0.05, 0) is 83.5 Å². The Balaban J connectivity index is 3.44. The van der Waals surface area contributed by atoms with Crippen LogP contribution in [0.15, 0.2) is 48.6 Å². The van der Waals surface area contributed by atoms with Gasteiger partial charge in [0.25, 0.3) is 0 Å². The maximum absolute atomic E-state index is 12.5. The highest BCUT2D eigenvalue weighted by Crippen LogP contribution is 2.17. The summed E-state index contributed by atoms with van der Waals surface area (Å²) in [4.78, 5) is 24.5. The summed E-state index contributed by atoms with van der Waals surface area (Å²) in [5.74, 6) is -0.0673. The minimum absolute atomic E-state index is 0.000264. The molecule has 0 spiro atoms. The average molecular weight is 1020 g/mol. The molecule has 0 aromatic heterocycles. The Morgan fingerprint density at radius 2 is 0.699 bits per heavy atom. The lowest BCUT2D eigenvalue weighted by Crippen LogP contribution is -2.45. The second-order valence-corrected chi connectivity index (χ2v) is 22.1. The molecule has 0 bridgehead atoms. The number of esters is 1. The van der Waals surface area contributed by atoms with E-state index >= 15 is 0 Å². The van der Waals surface area contributed by atoms with E-state index in [2.05, 4.69) is 55.6 Å². The summed E-state index contributed by atoms with van der Waals surface area (Å²) in [5.41, 5.74) is 0. The van der Waals surface area contributed by atoms with Gasteiger partial charge in [-0.1, -0.05) is 294 Å². The molecule has 0 saturated heterocycles. The predicted octanol–water partition coefficient (Wildman–Crippen LogP) is 20.5. The quantitative estimate of drug-likeness (QED) is 0.0320. The molecule has 73 heavy (non-hydrogen) atoms. The number of aliphatic hydroxyl groups excluding tert-OH is 2. The number of allylic oxidation sites excluding steroid dienone is 7. The molecule has 0 rings (SSSR count). The highest BCUT2D eigenvalue weighted by molar-refractivity contribution is 5.76. The molecule has 0 saturated carbocycles. The van der Waals surface area contributed by atoms with Crippen LogP contribution in [0.4, 0.5) is 0 Å². The molecular formula is C67H125NO5. The molecule has 428 valence electrons. The molecule has 0 aliphatic carbocycles. The van der Waals surface area contributed by atoms with Gasteiger partial charge in [0.05, 0.1) is 25.4 Å². The summed E-state index contributed by atoms with van der Waals surface area (Å²) >= 11 is 0. The standard InChI is InChI=1S/C67H125NO5/c1-3-5-7-9-11-13-15-16-17-33-36-40-43-47-51-55-59-65(70)64(63-69)68-66(71)60-56-52-48-44-41-37-34-31-29-27-25-23-21-19-18-20-22-24-26-28-30-32-35-38-42-46-50-54-58-62-73-67(72)61-57-53-49-45-39-14-12-10-8-6-4-2/h10,12,18,20,24,26,55,59,64-65,69-70H,3-9,11,13-17,19,21-23,25,27-54,56-58,60-63H2,1-2H3,(H,68,71)/b12-10-,20-18-,26-24-,59-55+. The molecule has 0 aliphatic heterocycles. The number of nitrogens with one attached hydrogen (secondary N) is 1. The second kappa shape index (κ2) is 62.4. The number of aliphatic hydroxyl groups is 2. The van der Waals surface area contributed by atoms with Gasteiger partial charge in [0.1, 0.15) is 0 Å². The number of ether oxygens (including phenoxy) is 1. The molecule has 0 radical (unpaired) electrons. The average Bonchev–Trinajstić information content (AvgIpc) is 3.39. The molecule has 2 unspecified atom stereocenters. The van der Waals surface area contributed by atoms with Crippen LogP contribution in [0.1, 0.15) is 341 Å². The fourth-order valence-corrected chi connectivity index (χ4v) is 9.82. The van der Waals surface area contributed by atoms with Crippen molar-refractivity contribution in [1.29, 1.82) is 0 Å². The summed E-state index contributed by atoms with van der Waals surface area (Å²) in [6.07, 6.45) is 80.2. The molecule has 1 amide bonds. The minimum Gasteiger partial charge on any atom is -0.466 e. The van der Waals surface area contributed by atoms with E-state index in [0.29, 0.717) is 19.4 Å². The SMILES string of the molecule is CCCC/C=C\CCCCCCCC(=O)OCCCCCCCCCCC/C=C\C/C=C\CCCCCCCCCCCCCCCC(=O)NC(CO)C(O)/C=C/CCCCCCCCCCCCCCCC. The van der Waals surface area contributed by atoms with Crippen LogP contribution in [0.5, 0.6) is 0 Å². The molecule has 0 heterocycles. The van der Waals surface area contributed by atoms with E-state index in [1.54, 1.807) is 6.08 Å². The fourth-order valence-electron chi connectivity index (χ4n) is 9.82. The van der Waals surface area contributed by atoms with Crippen molar-refractivity contribution in [3.63, 3.8) is 0 Å². The predicted molar refractivity (Wildman–Crippen MR) is 319 cm³/mol. The molecule has 3 N–H and O–H groups in total. The lowest BCUT2D eigenvalue weighted by molar-refractivity contribution is -0.143. The van der Waals surface area contributed by atoms with Crippen molar-refractivity contribution in [2.24, 2.45) is 0 Å². The number of rotatable bonds is 60. The van der Waals surface area contributed by atoms with Crippen molar-refractivity contribution < 1.29 is 24.5 Å². The van der Waals surface area contributed by atoms with E-state index in [0.717, 1.165) is 51.4 Å². The molecule has 2 atom stereocenters. The molecule has 6 heteroatoms. The van der Waals surface area contributed by atoms with E-state index in [9.17, 15) is 19.8 Å². The van der Waals surface area contributed by atoms with Gasteiger partial charge in [0.2, 0.25) is 5.91 Å². The largest absolute Gasteiger partial charge is 0.466 e. The number of amides is 1. The summed E-state index contributed by atoms with van der Waals surface area (Å²) in [6, 6.07) is -0.629. The summed E-state index contributed by atoms with van der Waals surface area (Å²) in [6.45, 7) is 4.87. The number of unbranched alkanes of at least 4 members (excludes halogenated alkanes) is 43. The van der Waals surface area contributed by atoms with Crippen LogP contribution in [0.2, 0.25) is 0 Å². The first-order valence-electron chi connectivity index (χ1n) is 32.4. The van der Waals surface area contributed by atoms with Gasteiger partial charge in [0, 0.05) is 12.8 Å². The Kier molecular flexibility index (Phi) is 60.5. The summed E-state index contributed by atoms with van der Waals surface area (Å²) in [5, 5.41) is 23.2. The maximum atomic E-state index is 12.5. The van der Waals surface area contributed by atoms with Gasteiger partial charge >= 0.3 is 5.97 Å². The van der Waals surface area contributed by atoms with E-state index in [-0.39, 0.29) is 18.5 Å². The van der Waals surface area contributed by atoms with Gasteiger partial charge < -0.3 is 20.3 Å². The second-order valence-electron chi connectivity index (χ2n) is 22.1.